The number of fused-ring (bicyclic) bond motifs is 3. The van der Waals surface area contributed by atoms with Crippen LogP contribution in [0.3, 0.4) is 0 Å². The topological polar surface area (TPSA) is 91.0 Å². The van der Waals surface area contributed by atoms with E-state index in [9.17, 15) is 4.79 Å². The number of carbonyl (C=O) groups is 1. The SMILES string of the molecule is CC1Cc2c(sc(NC(=O)CCNC3C[C@H]4CNC[C@H]4C3)c2-c2nc3cnccc3s2)CN1. The molecule has 3 aliphatic rings. The van der Waals surface area contributed by atoms with E-state index in [0.29, 0.717) is 18.5 Å². The van der Waals surface area contributed by atoms with E-state index in [1.807, 2.05) is 18.5 Å². The van der Waals surface area contributed by atoms with Crippen molar-refractivity contribution in [2.24, 2.45) is 11.8 Å². The first kappa shape index (κ1) is 21.6. The van der Waals surface area contributed by atoms with E-state index in [-0.39, 0.29) is 5.91 Å². The molecule has 2 unspecified atom stereocenters. The van der Waals surface area contributed by atoms with Gasteiger partial charge in [0.1, 0.15) is 15.5 Å². The van der Waals surface area contributed by atoms with E-state index < -0.39 is 0 Å². The van der Waals surface area contributed by atoms with E-state index in [4.69, 9.17) is 4.98 Å². The first-order chi connectivity index (χ1) is 16.1. The third kappa shape index (κ3) is 4.33. The summed E-state index contributed by atoms with van der Waals surface area (Å²) < 4.78 is 1.12. The van der Waals surface area contributed by atoms with Crippen LogP contribution >= 0.6 is 22.7 Å². The molecule has 33 heavy (non-hydrogen) atoms. The zero-order valence-corrected chi connectivity index (χ0v) is 20.5. The molecule has 0 aromatic carbocycles. The van der Waals surface area contributed by atoms with E-state index >= 15 is 0 Å². The average Bonchev–Trinajstić information content (AvgIpc) is 3.54. The molecule has 2 fully saturated rings. The Labute approximate surface area is 201 Å². The molecule has 1 amide bonds. The maximum absolute atomic E-state index is 12.9. The Bertz CT molecular complexity index is 1130. The number of hydrogen-bond acceptors (Lipinski definition) is 8. The van der Waals surface area contributed by atoms with Crippen molar-refractivity contribution in [1.82, 2.24) is 25.9 Å². The zero-order chi connectivity index (χ0) is 22.4. The Morgan fingerprint density at radius 1 is 1.24 bits per heavy atom. The Kier molecular flexibility index (Phi) is 5.92. The number of rotatable bonds is 6. The fourth-order valence-electron chi connectivity index (χ4n) is 5.63. The highest BCUT2D eigenvalue weighted by atomic mass is 32.1. The molecule has 9 heteroatoms. The van der Waals surface area contributed by atoms with Gasteiger partial charge in [-0.05, 0) is 62.7 Å². The van der Waals surface area contributed by atoms with Crippen molar-refractivity contribution in [3.63, 3.8) is 0 Å². The summed E-state index contributed by atoms with van der Waals surface area (Å²) >= 11 is 3.38. The van der Waals surface area contributed by atoms with Gasteiger partial charge in [-0.1, -0.05) is 0 Å². The Balaban J connectivity index is 1.17. The molecule has 3 aromatic heterocycles. The summed E-state index contributed by atoms with van der Waals surface area (Å²) in [5.74, 6) is 1.71. The maximum atomic E-state index is 12.9. The minimum absolute atomic E-state index is 0.0750. The molecule has 0 bridgehead atoms. The highest BCUT2D eigenvalue weighted by Crippen LogP contribution is 2.45. The summed E-state index contributed by atoms with van der Waals surface area (Å²) in [5.41, 5.74) is 3.36. The largest absolute Gasteiger partial charge is 0.317 e. The van der Waals surface area contributed by atoms with Crippen LogP contribution < -0.4 is 21.3 Å². The van der Waals surface area contributed by atoms with Crippen molar-refractivity contribution in [3.05, 3.63) is 28.9 Å². The molecule has 0 radical (unpaired) electrons. The first-order valence-corrected chi connectivity index (χ1v) is 13.6. The number of nitrogens with zero attached hydrogens (tertiary/aromatic N) is 2. The highest BCUT2D eigenvalue weighted by Gasteiger charge is 2.36. The molecule has 4 atom stereocenters. The van der Waals surface area contributed by atoms with Crippen molar-refractivity contribution in [2.75, 3.05) is 25.0 Å². The first-order valence-electron chi connectivity index (χ1n) is 12.0. The fraction of sp³-hybridized carbons (Fsp3) is 0.542. The molecule has 174 valence electrons. The maximum Gasteiger partial charge on any atom is 0.226 e. The molecular formula is C24H30N6OS2. The van der Waals surface area contributed by atoms with Gasteiger partial charge < -0.3 is 21.3 Å². The number of amides is 1. The van der Waals surface area contributed by atoms with Crippen molar-refractivity contribution in [3.8, 4) is 10.6 Å². The molecule has 1 saturated heterocycles. The van der Waals surface area contributed by atoms with Gasteiger partial charge in [-0.25, -0.2) is 4.98 Å². The van der Waals surface area contributed by atoms with Gasteiger partial charge >= 0.3 is 0 Å². The monoisotopic (exact) mass is 482 g/mol. The molecule has 3 aromatic rings. The minimum atomic E-state index is 0.0750. The minimum Gasteiger partial charge on any atom is -0.317 e. The average molecular weight is 483 g/mol. The van der Waals surface area contributed by atoms with Gasteiger partial charge in [0, 0.05) is 48.2 Å². The smallest absolute Gasteiger partial charge is 0.226 e. The second-order valence-corrected chi connectivity index (χ2v) is 11.8. The van der Waals surface area contributed by atoms with Gasteiger partial charge in [0.25, 0.3) is 0 Å². The number of thiazole rings is 1. The van der Waals surface area contributed by atoms with Crippen molar-refractivity contribution in [1.29, 1.82) is 0 Å². The summed E-state index contributed by atoms with van der Waals surface area (Å²) in [6.45, 7) is 6.10. The van der Waals surface area contributed by atoms with Gasteiger partial charge in [0.15, 0.2) is 0 Å². The van der Waals surface area contributed by atoms with Crippen molar-refractivity contribution in [2.45, 2.75) is 51.2 Å². The van der Waals surface area contributed by atoms with Crippen molar-refractivity contribution >= 4 is 43.8 Å². The van der Waals surface area contributed by atoms with Crippen molar-refractivity contribution < 1.29 is 4.79 Å². The van der Waals surface area contributed by atoms with Crippen LogP contribution in [0.1, 0.15) is 36.6 Å². The molecule has 1 aliphatic carbocycles. The molecule has 7 nitrogen and oxygen atoms in total. The quantitative estimate of drug-likeness (QED) is 0.431. The lowest BCUT2D eigenvalue weighted by molar-refractivity contribution is -0.116. The molecule has 2 aliphatic heterocycles. The van der Waals surface area contributed by atoms with Gasteiger partial charge in [-0.15, -0.1) is 22.7 Å². The Hall–Kier alpha value is -1.91. The van der Waals surface area contributed by atoms with Crippen LogP contribution in [0.4, 0.5) is 5.00 Å². The fourth-order valence-corrected chi connectivity index (χ4v) is 7.90. The predicted molar refractivity (Wildman–Crippen MR) is 135 cm³/mol. The standard InChI is InChI=1S/C24H30N6OS2/c1-13-6-17-20(12-28-13)33-24(22(17)23-29-18-11-25-4-2-19(18)32-23)30-21(31)3-5-27-16-7-14-9-26-10-15(14)8-16/h2,4,11,13-16,26-28H,3,5-10,12H2,1H3,(H,30,31)/t13?,14-,15+,16?. The van der Waals surface area contributed by atoms with Gasteiger partial charge in [-0.3, -0.25) is 9.78 Å². The molecule has 1 saturated carbocycles. The number of carbonyl (C=O) groups excluding carboxylic acids is 1. The third-order valence-electron chi connectivity index (χ3n) is 7.31. The summed E-state index contributed by atoms with van der Waals surface area (Å²) in [6, 6.07) is 2.98. The third-order valence-corrected chi connectivity index (χ3v) is 9.51. The van der Waals surface area contributed by atoms with E-state index in [1.54, 1.807) is 22.7 Å². The van der Waals surface area contributed by atoms with Crippen LogP contribution in [0.2, 0.25) is 0 Å². The highest BCUT2D eigenvalue weighted by molar-refractivity contribution is 7.22. The zero-order valence-electron chi connectivity index (χ0n) is 18.8. The second kappa shape index (κ2) is 9.03. The number of thiophene rings is 1. The lowest BCUT2D eigenvalue weighted by Crippen LogP contribution is -2.32. The second-order valence-electron chi connectivity index (χ2n) is 9.66. The number of anilines is 1. The molecule has 4 N–H and O–H groups in total. The summed E-state index contributed by atoms with van der Waals surface area (Å²) in [4.78, 5) is 23.3. The molecule has 5 heterocycles. The predicted octanol–water partition coefficient (Wildman–Crippen LogP) is 3.37. The summed E-state index contributed by atoms with van der Waals surface area (Å²) in [7, 11) is 0. The number of nitrogens with one attached hydrogen (secondary N) is 4. The van der Waals surface area contributed by atoms with Crippen LogP contribution in [-0.4, -0.2) is 47.6 Å². The van der Waals surface area contributed by atoms with E-state index in [0.717, 1.165) is 70.2 Å². The number of aromatic nitrogens is 2. The normalized spacial score (nSPS) is 26.5. The van der Waals surface area contributed by atoms with Crippen LogP contribution in [0.25, 0.3) is 20.8 Å². The van der Waals surface area contributed by atoms with E-state index in [2.05, 4.69) is 33.2 Å². The van der Waals surface area contributed by atoms with E-state index in [1.165, 1.54) is 23.3 Å². The van der Waals surface area contributed by atoms with Crippen LogP contribution in [0, 0.1) is 11.8 Å². The lowest BCUT2D eigenvalue weighted by atomic mass is 9.99. The number of pyridine rings is 1. The molecular weight excluding hydrogens is 452 g/mol. The van der Waals surface area contributed by atoms with Crippen LogP contribution in [0.5, 0.6) is 0 Å². The Morgan fingerprint density at radius 3 is 2.91 bits per heavy atom. The summed E-state index contributed by atoms with van der Waals surface area (Å²) in [5, 5.41) is 15.8. The van der Waals surface area contributed by atoms with Crippen LogP contribution in [0.15, 0.2) is 18.5 Å². The lowest BCUT2D eigenvalue weighted by Gasteiger charge is -2.20. The van der Waals surface area contributed by atoms with Crippen LogP contribution in [-0.2, 0) is 17.8 Å². The van der Waals surface area contributed by atoms with Gasteiger partial charge in [-0.2, -0.15) is 0 Å². The molecule has 0 spiro atoms. The molecule has 6 rings (SSSR count). The summed E-state index contributed by atoms with van der Waals surface area (Å²) in [6.07, 6.45) is 7.53. The van der Waals surface area contributed by atoms with Gasteiger partial charge in [0.2, 0.25) is 5.91 Å². The Morgan fingerprint density at radius 2 is 2.09 bits per heavy atom. The van der Waals surface area contributed by atoms with Gasteiger partial charge in [0.05, 0.1) is 10.9 Å². The number of hydrogen-bond donors (Lipinski definition) is 4.